The molecule has 0 aliphatic carbocycles. The predicted molar refractivity (Wildman–Crippen MR) is 56.6 cm³/mol. The smallest absolute Gasteiger partial charge is 0.334 e. The fourth-order valence-corrected chi connectivity index (χ4v) is 0.981. The molecule has 2 amide bonds. The first-order chi connectivity index (χ1) is 6.74. The molecule has 0 heterocycles. The number of rotatable bonds is 2. The van der Waals surface area contributed by atoms with E-state index in [1.807, 2.05) is 12.1 Å². The highest BCUT2D eigenvalue weighted by Crippen LogP contribution is 2.11. The Morgan fingerprint density at radius 2 is 2.21 bits per heavy atom. The quantitative estimate of drug-likeness (QED) is 0.567. The molecule has 0 unspecified atom stereocenters. The molecule has 0 aromatic heterocycles. The highest BCUT2D eigenvalue weighted by Gasteiger charge is 1.94. The standard InChI is InChI=1S/C9H10ClN3O/c1-11-9(14)13-12-6-7-4-2-3-5-8(7)10/h2-6H,1H3,(H2,11,13,14)/b12-6+. The highest BCUT2D eigenvalue weighted by atomic mass is 35.5. The van der Waals surface area contributed by atoms with Crippen LogP contribution in [0.5, 0.6) is 0 Å². The molecule has 1 rings (SSSR count). The minimum atomic E-state index is -0.367. The van der Waals surface area contributed by atoms with Crippen LogP contribution >= 0.6 is 11.6 Å². The van der Waals surface area contributed by atoms with Gasteiger partial charge in [0.2, 0.25) is 0 Å². The number of urea groups is 1. The van der Waals surface area contributed by atoms with Crippen LogP contribution in [-0.4, -0.2) is 19.3 Å². The van der Waals surface area contributed by atoms with Gasteiger partial charge in [-0.1, -0.05) is 29.8 Å². The van der Waals surface area contributed by atoms with Crippen LogP contribution in [0.3, 0.4) is 0 Å². The van der Waals surface area contributed by atoms with Gasteiger partial charge in [0.05, 0.1) is 6.21 Å². The molecule has 5 heteroatoms. The van der Waals surface area contributed by atoms with E-state index in [0.29, 0.717) is 5.02 Å². The molecule has 1 aromatic carbocycles. The molecule has 0 saturated heterocycles. The van der Waals surface area contributed by atoms with E-state index in [2.05, 4.69) is 15.8 Å². The predicted octanol–water partition coefficient (Wildman–Crippen LogP) is 1.60. The van der Waals surface area contributed by atoms with Crippen molar-refractivity contribution in [3.63, 3.8) is 0 Å². The summed E-state index contributed by atoms with van der Waals surface area (Å²) < 4.78 is 0. The lowest BCUT2D eigenvalue weighted by molar-refractivity contribution is 0.243. The number of halogens is 1. The number of carbonyl (C=O) groups is 1. The van der Waals surface area contributed by atoms with Crippen LogP contribution in [0.4, 0.5) is 4.79 Å². The molecule has 0 saturated carbocycles. The Bertz CT molecular complexity index is 352. The van der Waals surface area contributed by atoms with Gasteiger partial charge in [-0.25, -0.2) is 10.2 Å². The van der Waals surface area contributed by atoms with Crippen molar-refractivity contribution < 1.29 is 4.79 Å². The van der Waals surface area contributed by atoms with Crippen LogP contribution in [0, 0.1) is 0 Å². The number of benzene rings is 1. The summed E-state index contributed by atoms with van der Waals surface area (Å²) in [6, 6.07) is 6.85. The van der Waals surface area contributed by atoms with Gasteiger partial charge in [0.15, 0.2) is 0 Å². The van der Waals surface area contributed by atoms with E-state index in [1.54, 1.807) is 12.1 Å². The summed E-state index contributed by atoms with van der Waals surface area (Å²) in [4.78, 5) is 10.7. The summed E-state index contributed by atoms with van der Waals surface area (Å²) in [7, 11) is 1.51. The van der Waals surface area contributed by atoms with Crippen molar-refractivity contribution in [1.82, 2.24) is 10.7 Å². The molecule has 0 aliphatic rings. The summed E-state index contributed by atoms with van der Waals surface area (Å²) >= 11 is 5.85. The van der Waals surface area contributed by atoms with E-state index in [4.69, 9.17) is 11.6 Å². The van der Waals surface area contributed by atoms with Crippen molar-refractivity contribution in [2.75, 3.05) is 7.05 Å². The maximum absolute atomic E-state index is 10.7. The van der Waals surface area contributed by atoms with E-state index in [0.717, 1.165) is 5.56 Å². The Morgan fingerprint density at radius 3 is 2.86 bits per heavy atom. The summed E-state index contributed by atoms with van der Waals surface area (Å²) in [5.74, 6) is 0. The van der Waals surface area contributed by atoms with Gasteiger partial charge in [-0.05, 0) is 6.07 Å². The number of carbonyl (C=O) groups excluding carboxylic acids is 1. The largest absolute Gasteiger partial charge is 0.340 e. The second-order valence-corrected chi connectivity index (χ2v) is 2.88. The zero-order chi connectivity index (χ0) is 10.4. The Labute approximate surface area is 87.0 Å². The highest BCUT2D eigenvalue weighted by molar-refractivity contribution is 6.33. The molecule has 0 aliphatic heterocycles. The topological polar surface area (TPSA) is 53.5 Å². The number of amides is 2. The van der Waals surface area contributed by atoms with E-state index < -0.39 is 0 Å². The zero-order valence-corrected chi connectivity index (χ0v) is 8.38. The fraction of sp³-hybridized carbons (Fsp3) is 0.111. The third-order valence-electron chi connectivity index (χ3n) is 1.50. The van der Waals surface area contributed by atoms with Crippen molar-refractivity contribution >= 4 is 23.8 Å². The van der Waals surface area contributed by atoms with Crippen LogP contribution in [0.15, 0.2) is 29.4 Å². The van der Waals surface area contributed by atoms with Crippen molar-refractivity contribution in [2.45, 2.75) is 0 Å². The summed E-state index contributed by atoms with van der Waals surface area (Å²) in [6.45, 7) is 0. The van der Waals surface area contributed by atoms with Crippen molar-refractivity contribution in [1.29, 1.82) is 0 Å². The molecular weight excluding hydrogens is 202 g/mol. The lowest BCUT2D eigenvalue weighted by Crippen LogP contribution is -2.28. The van der Waals surface area contributed by atoms with Crippen LogP contribution in [-0.2, 0) is 0 Å². The third-order valence-corrected chi connectivity index (χ3v) is 1.85. The molecular formula is C9H10ClN3O. The molecule has 0 atom stereocenters. The molecule has 14 heavy (non-hydrogen) atoms. The van der Waals surface area contributed by atoms with Crippen molar-refractivity contribution in [2.24, 2.45) is 5.10 Å². The molecule has 4 nitrogen and oxygen atoms in total. The van der Waals surface area contributed by atoms with Crippen molar-refractivity contribution in [3.8, 4) is 0 Å². The Kier molecular flexibility index (Phi) is 3.94. The van der Waals surface area contributed by atoms with Gasteiger partial charge in [0, 0.05) is 17.6 Å². The first-order valence-corrected chi connectivity index (χ1v) is 4.37. The summed E-state index contributed by atoms with van der Waals surface area (Å²) in [6.07, 6.45) is 1.48. The normalized spacial score (nSPS) is 10.1. The molecule has 0 spiro atoms. The second kappa shape index (κ2) is 5.24. The van der Waals surface area contributed by atoms with Gasteiger partial charge in [-0.15, -0.1) is 0 Å². The maximum atomic E-state index is 10.7. The van der Waals surface area contributed by atoms with E-state index in [9.17, 15) is 4.79 Å². The fourth-order valence-electron chi connectivity index (χ4n) is 0.796. The Balaban J connectivity index is 2.60. The van der Waals surface area contributed by atoms with Gasteiger partial charge in [-0.3, -0.25) is 0 Å². The molecule has 74 valence electrons. The number of hydrazone groups is 1. The van der Waals surface area contributed by atoms with E-state index in [-0.39, 0.29) is 6.03 Å². The first-order valence-electron chi connectivity index (χ1n) is 3.99. The summed E-state index contributed by atoms with van der Waals surface area (Å²) in [5, 5.41) is 6.66. The second-order valence-electron chi connectivity index (χ2n) is 2.47. The molecule has 2 N–H and O–H groups in total. The number of nitrogens with zero attached hydrogens (tertiary/aromatic N) is 1. The van der Waals surface area contributed by atoms with Gasteiger partial charge < -0.3 is 5.32 Å². The van der Waals surface area contributed by atoms with Crippen LogP contribution in [0.25, 0.3) is 0 Å². The van der Waals surface area contributed by atoms with E-state index >= 15 is 0 Å². The van der Waals surface area contributed by atoms with Gasteiger partial charge >= 0.3 is 6.03 Å². The average molecular weight is 212 g/mol. The lowest BCUT2D eigenvalue weighted by Gasteiger charge is -1.97. The number of hydrogen-bond acceptors (Lipinski definition) is 2. The van der Waals surface area contributed by atoms with Crippen molar-refractivity contribution in [3.05, 3.63) is 34.9 Å². The molecule has 0 radical (unpaired) electrons. The third kappa shape index (κ3) is 3.06. The first kappa shape index (κ1) is 10.5. The van der Waals surface area contributed by atoms with Gasteiger partial charge in [0.1, 0.15) is 0 Å². The SMILES string of the molecule is CNC(=O)N/N=C/c1ccccc1Cl. The maximum Gasteiger partial charge on any atom is 0.334 e. The van der Waals surface area contributed by atoms with Gasteiger partial charge in [-0.2, -0.15) is 5.10 Å². The molecule has 1 aromatic rings. The van der Waals surface area contributed by atoms with Crippen LogP contribution in [0.2, 0.25) is 5.02 Å². The number of hydrogen-bond donors (Lipinski definition) is 2. The Morgan fingerprint density at radius 1 is 1.50 bits per heavy atom. The Hall–Kier alpha value is -1.55. The van der Waals surface area contributed by atoms with Gasteiger partial charge in [0.25, 0.3) is 0 Å². The minimum Gasteiger partial charge on any atom is -0.340 e. The average Bonchev–Trinajstić information content (AvgIpc) is 2.20. The molecule has 0 bridgehead atoms. The zero-order valence-electron chi connectivity index (χ0n) is 7.62. The van der Waals surface area contributed by atoms with Crippen LogP contribution < -0.4 is 10.7 Å². The summed E-state index contributed by atoms with van der Waals surface area (Å²) in [5.41, 5.74) is 3.02. The van der Waals surface area contributed by atoms with E-state index in [1.165, 1.54) is 13.3 Å². The lowest BCUT2D eigenvalue weighted by atomic mass is 10.2. The molecule has 0 fully saturated rings. The minimum absolute atomic E-state index is 0.367. The monoisotopic (exact) mass is 211 g/mol. The van der Waals surface area contributed by atoms with Crippen LogP contribution in [0.1, 0.15) is 5.56 Å². The number of nitrogens with one attached hydrogen (secondary N) is 2.